The number of aliphatic hydroxyl groups is 2. The lowest BCUT2D eigenvalue weighted by molar-refractivity contribution is 0.105. The third kappa shape index (κ3) is 3.78. The Balaban J connectivity index is 2.17. The first-order valence-electron chi connectivity index (χ1n) is 7.18. The second-order valence-electron chi connectivity index (χ2n) is 5.55. The van der Waals surface area contributed by atoms with E-state index in [1.54, 1.807) is 0 Å². The fraction of sp³-hybridized carbons (Fsp3) is 0.600. The van der Waals surface area contributed by atoms with Crippen LogP contribution in [0.3, 0.4) is 0 Å². The maximum absolute atomic E-state index is 9.47. The number of hydrogen-bond donors (Lipinski definition) is 3. The number of anilines is 2. The van der Waals surface area contributed by atoms with Crippen molar-refractivity contribution in [2.75, 3.05) is 36.5 Å². The number of rotatable bonds is 5. The molecule has 2 atom stereocenters. The Morgan fingerprint density at radius 3 is 3.00 bits per heavy atom. The van der Waals surface area contributed by atoms with E-state index in [2.05, 4.69) is 17.1 Å². The quantitative estimate of drug-likeness (QED) is 0.781. The summed E-state index contributed by atoms with van der Waals surface area (Å²) in [6.07, 6.45) is 1.67. The number of hydrogen-bond acceptors (Lipinski definition) is 4. The average Bonchev–Trinajstić information content (AvgIpc) is 2.44. The highest BCUT2D eigenvalue weighted by atomic mass is 35.5. The van der Waals surface area contributed by atoms with Crippen molar-refractivity contribution in [1.82, 2.24) is 0 Å². The number of benzene rings is 1. The Bertz CT molecular complexity index is 442. The maximum atomic E-state index is 9.47. The van der Waals surface area contributed by atoms with Crippen molar-refractivity contribution in [2.24, 2.45) is 5.92 Å². The van der Waals surface area contributed by atoms with Crippen LogP contribution in [-0.2, 0) is 0 Å². The van der Waals surface area contributed by atoms with Crippen LogP contribution in [0.1, 0.15) is 19.8 Å². The predicted molar refractivity (Wildman–Crippen MR) is 83.6 cm³/mol. The Hall–Kier alpha value is -0.970. The van der Waals surface area contributed by atoms with E-state index < -0.39 is 6.10 Å². The molecule has 0 saturated carbocycles. The van der Waals surface area contributed by atoms with Crippen LogP contribution in [-0.4, -0.2) is 42.6 Å². The van der Waals surface area contributed by atoms with Gasteiger partial charge >= 0.3 is 0 Å². The van der Waals surface area contributed by atoms with Crippen molar-refractivity contribution in [3.63, 3.8) is 0 Å². The number of aliphatic hydroxyl groups excluding tert-OH is 2. The van der Waals surface area contributed by atoms with Gasteiger partial charge in [-0.05, 0) is 30.9 Å². The molecule has 1 saturated heterocycles. The molecule has 1 aromatic rings. The topological polar surface area (TPSA) is 55.7 Å². The molecular weight excluding hydrogens is 276 g/mol. The Morgan fingerprint density at radius 1 is 1.50 bits per heavy atom. The third-order valence-corrected chi connectivity index (χ3v) is 4.00. The zero-order valence-electron chi connectivity index (χ0n) is 11.8. The van der Waals surface area contributed by atoms with Gasteiger partial charge < -0.3 is 20.4 Å². The van der Waals surface area contributed by atoms with Gasteiger partial charge in [0.15, 0.2) is 0 Å². The summed E-state index contributed by atoms with van der Waals surface area (Å²) in [5, 5.41) is 22.3. The van der Waals surface area contributed by atoms with Crippen molar-refractivity contribution in [1.29, 1.82) is 0 Å². The molecule has 1 aromatic carbocycles. The fourth-order valence-corrected chi connectivity index (χ4v) is 2.96. The van der Waals surface area contributed by atoms with Gasteiger partial charge in [-0.25, -0.2) is 0 Å². The molecule has 0 aliphatic carbocycles. The van der Waals surface area contributed by atoms with Gasteiger partial charge in [-0.15, -0.1) is 0 Å². The predicted octanol–water partition coefficient (Wildman–Crippen LogP) is 2.34. The summed E-state index contributed by atoms with van der Waals surface area (Å²) in [6, 6.07) is 5.75. The lowest BCUT2D eigenvalue weighted by atomic mass is 9.99. The Morgan fingerprint density at radius 2 is 2.30 bits per heavy atom. The smallest absolute Gasteiger partial charge is 0.0942 e. The third-order valence-electron chi connectivity index (χ3n) is 3.70. The second-order valence-corrected chi connectivity index (χ2v) is 5.95. The summed E-state index contributed by atoms with van der Waals surface area (Å²) in [7, 11) is 0. The number of nitrogens with one attached hydrogen (secondary N) is 1. The van der Waals surface area contributed by atoms with Gasteiger partial charge in [-0.1, -0.05) is 24.6 Å². The minimum atomic E-state index is -0.762. The van der Waals surface area contributed by atoms with Crippen molar-refractivity contribution in [3.8, 4) is 0 Å². The highest BCUT2D eigenvalue weighted by Gasteiger charge is 2.21. The van der Waals surface area contributed by atoms with Crippen LogP contribution in [0.15, 0.2) is 18.2 Å². The molecule has 0 radical (unpaired) electrons. The van der Waals surface area contributed by atoms with E-state index in [1.807, 2.05) is 18.2 Å². The second kappa shape index (κ2) is 7.16. The van der Waals surface area contributed by atoms with E-state index in [-0.39, 0.29) is 6.61 Å². The van der Waals surface area contributed by atoms with Gasteiger partial charge in [0.25, 0.3) is 0 Å². The van der Waals surface area contributed by atoms with Crippen LogP contribution in [0.2, 0.25) is 5.02 Å². The SMILES string of the molecule is CC1CCCN(c2c(Cl)cccc2NCC(O)CO)C1. The normalized spacial score (nSPS) is 20.8. The molecule has 1 aliphatic heterocycles. The molecule has 112 valence electrons. The summed E-state index contributed by atoms with van der Waals surface area (Å²) in [5.41, 5.74) is 1.92. The Kier molecular flexibility index (Phi) is 5.52. The first kappa shape index (κ1) is 15.4. The zero-order valence-corrected chi connectivity index (χ0v) is 12.6. The van der Waals surface area contributed by atoms with E-state index >= 15 is 0 Å². The molecule has 1 heterocycles. The summed E-state index contributed by atoms with van der Waals surface area (Å²) in [4.78, 5) is 2.31. The summed E-state index contributed by atoms with van der Waals surface area (Å²) in [5.74, 6) is 0.663. The molecule has 20 heavy (non-hydrogen) atoms. The molecule has 1 fully saturated rings. The highest BCUT2D eigenvalue weighted by molar-refractivity contribution is 6.34. The number of nitrogens with zero attached hydrogens (tertiary/aromatic N) is 1. The van der Waals surface area contributed by atoms with Crippen LogP contribution in [0, 0.1) is 5.92 Å². The highest BCUT2D eigenvalue weighted by Crippen LogP contribution is 2.36. The Labute approximate surface area is 125 Å². The summed E-state index contributed by atoms with van der Waals surface area (Å²) in [6.45, 7) is 4.33. The van der Waals surface area contributed by atoms with E-state index in [9.17, 15) is 5.11 Å². The molecule has 1 aliphatic rings. The molecular formula is C15H23ClN2O2. The van der Waals surface area contributed by atoms with Gasteiger partial charge in [-0.2, -0.15) is 0 Å². The maximum Gasteiger partial charge on any atom is 0.0942 e. The van der Waals surface area contributed by atoms with Crippen molar-refractivity contribution in [2.45, 2.75) is 25.9 Å². The van der Waals surface area contributed by atoms with Crippen LogP contribution < -0.4 is 10.2 Å². The molecule has 4 nitrogen and oxygen atoms in total. The van der Waals surface area contributed by atoms with Gasteiger partial charge in [0.1, 0.15) is 0 Å². The minimum absolute atomic E-state index is 0.246. The van der Waals surface area contributed by atoms with Gasteiger partial charge in [-0.3, -0.25) is 0 Å². The van der Waals surface area contributed by atoms with Crippen LogP contribution >= 0.6 is 11.6 Å². The molecule has 0 aromatic heterocycles. The van der Waals surface area contributed by atoms with Crippen LogP contribution in [0.25, 0.3) is 0 Å². The largest absolute Gasteiger partial charge is 0.394 e. The van der Waals surface area contributed by atoms with E-state index in [4.69, 9.17) is 16.7 Å². The fourth-order valence-electron chi connectivity index (χ4n) is 2.66. The van der Waals surface area contributed by atoms with Gasteiger partial charge in [0, 0.05) is 19.6 Å². The number of halogens is 1. The summed E-state index contributed by atoms with van der Waals surface area (Å²) < 4.78 is 0. The lowest BCUT2D eigenvalue weighted by Gasteiger charge is -2.34. The standard InChI is InChI=1S/C15H23ClN2O2/c1-11-4-3-7-18(9-11)15-13(16)5-2-6-14(15)17-8-12(20)10-19/h2,5-6,11-12,17,19-20H,3-4,7-10H2,1H3. The molecule has 0 amide bonds. The monoisotopic (exact) mass is 298 g/mol. The van der Waals surface area contributed by atoms with E-state index in [0.29, 0.717) is 12.5 Å². The zero-order chi connectivity index (χ0) is 14.5. The van der Waals surface area contributed by atoms with Crippen LogP contribution in [0.4, 0.5) is 11.4 Å². The molecule has 2 rings (SSSR count). The van der Waals surface area contributed by atoms with Crippen molar-refractivity contribution < 1.29 is 10.2 Å². The van der Waals surface area contributed by atoms with Gasteiger partial charge in [0.05, 0.1) is 29.1 Å². The number of para-hydroxylation sites is 1. The molecule has 3 N–H and O–H groups in total. The van der Waals surface area contributed by atoms with E-state index in [1.165, 1.54) is 12.8 Å². The average molecular weight is 299 g/mol. The molecule has 0 bridgehead atoms. The van der Waals surface area contributed by atoms with Crippen LogP contribution in [0.5, 0.6) is 0 Å². The molecule has 2 unspecified atom stereocenters. The molecule has 0 spiro atoms. The lowest BCUT2D eigenvalue weighted by Crippen LogP contribution is -2.35. The van der Waals surface area contributed by atoms with Crippen molar-refractivity contribution >= 4 is 23.0 Å². The first-order chi connectivity index (χ1) is 9.61. The van der Waals surface area contributed by atoms with Crippen molar-refractivity contribution in [3.05, 3.63) is 23.2 Å². The van der Waals surface area contributed by atoms with E-state index in [0.717, 1.165) is 29.5 Å². The summed E-state index contributed by atoms with van der Waals surface area (Å²) >= 11 is 6.37. The molecule has 5 heteroatoms. The number of piperidine rings is 1. The minimum Gasteiger partial charge on any atom is -0.394 e. The van der Waals surface area contributed by atoms with Gasteiger partial charge in [0.2, 0.25) is 0 Å². The first-order valence-corrected chi connectivity index (χ1v) is 7.56.